The van der Waals surface area contributed by atoms with Crippen LogP contribution in [0.1, 0.15) is 31.9 Å². The molecule has 2 aromatic rings. The summed E-state index contributed by atoms with van der Waals surface area (Å²) in [7, 11) is 1.59. The average Bonchev–Trinajstić information content (AvgIpc) is 2.65. The molecule has 0 saturated heterocycles. The highest BCUT2D eigenvalue weighted by molar-refractivity contribution is 7.99. The maximum absolute atomic E-state index is 12.7. The van der Waals surface area contributed by atoms with Crippen LogP contribution in [0.5, 0.6) is 5.75 Å². The summed E-state index contributed by atoms with van der Waals surface area (Å²) in [6.45, 7) is 8.12. The third-order valence-corrected chi connectivity index (χ3v) is 4.87. The molecule has 1 heterocycles. The number of fused-ring (bicyclic) bond motifs is 1. The number of nitrogens with zero attached hydrogens (tertiary/aromatic N) is 1. The fourth-order valence-electron chi connectivity index (χ4n) is 2.76. The summed E-state index contributed by atoms with van der Waals surface area (Å²) in [5, 5.41) is 3.94. The van der Waals surface area contributed by atoms with E-state index in [1.54, 1.807) is 7.11 Å². The van der Waals surface area contributed by atoms with Gasteiger partial charge < -0.3 is 14.8 Å². The second-order valence-corrected chi connectivity index (χ2v) is 7.94. The standard InChI is InChI=1S/C22H28N2O3S/c1-7-16-12-17-13-18(11-15(2)19(17)23-14-16)27-21(28-6)20(25)24-22(3,4)9-8-10-26-5/h11-14,21H,7,10H2,1-6H3,(H,24,25). The van der Waals surface area contributed by atoms with Crippen LogP contribution in [0.25, 0.3) is 10.9 Å². The fourth-order valence-corrected chi connectivity index (χ4v) is 3.24. The van der Waals surface area contributed by atoms with E-state index in [4.69, 9.17) is 9.47 Å². The van der Waals surface area contributed by atoms with Gasteiger partial charge in [-0.3, -0.25) is 9.78 Å². The summed E-state index contributed by atoms with van der Waals surface area (Å²) >= 11 is 1.34. The quantitative estimate of drug-likeness (QED) is 0.567. The van der Waals surface area contributed by atoms with Crippen molar-refractivity contribution < 1.29 is 14.3 Å². The van der Waals surface area contributed by atoms with Gasteiger partial charge in [-0.15, -0.1) is 11.8 Å². The molecule has 0 bridgehead atoms. The normalized spacial score (nSPS) is 12.2. The molecule has 0 aliphatic heterocycles. The number of rotatable bonds is 7. The SMILES string of the molecule is CCc1cnc2c(C)cc(OC(SC)C(=O)NC(C)(C)C#CCOC)cc2c1. The van der Waals surface area contributed by atoms with Crippen molar-refractivity contribution in [3.05, 3.63) is 35.5 Å². The van der Waals surface area contributed by atoms with Crippen molar-refractivity contribution in [3.8, 4) is 17.6 Å². The Hall–Kier alpha value is -2.23. The Balaban J connectivity index is 2.19. The minimum absolute atomic E-state index is 0.220. The molecule has 28 heavy (non-hydrogen) atoms. The number of benzene rings is 1. The Kier molecular flexibility index (Phi) is 7.73. The van der Waals surface area contributed by atoms with Crippen LogP contribution >= 0.6 is 11.8 Å². The second kappa shape index (κ2) is 9.81. The van der Waals surface area contributed by atoms with E-state index in [9.17, 15) is 4.79 Å². The summed E-state index contributed by atoms with van der Waals surface area (Å²) in [6, 6.07) is 5.97. The number of carbonyl (C=O) groups is 1. The molecule has 150 valence electrons. The van der Waals surface area contributed by atoms with Crippen LogP contribution in [-0.2, 0) is 16.0 Å². The Morgan fingerprint density at radius 1 is 1.36 bits per heavy atom. The predicted molar refractivity (Wildman–Crippen MR) is 116 cm³/mol. The van der Waals surface area contributed by atoms with E-state index in [0.717, 1.165) is 22.9 Å². The molecule has 0 fully saturated rings. The van der Waals surface area contributed by atoms with Gasteiger partial charge in [0.2, 0.25) is 5.44 Å². The van der Waals surface area contributed by atoms with E-state index in [1.165, 1.54) is 17.3 Å². The first-order chi connectivity index (χ1) is 13.3. The van der Waals surface area contributed by atoms with Gasteiger partial charge in [-0.25, -0.2) is 0 Å². The highest BCUT2D eigenvalue weighted by atomic mass is 32.2. The number of hydrogen-bond acceptors (Lipinski definition) is 5. The van der Waals surface area contributed by atoms with Crippen molar-refractivity contribution >= 4 is 28.6 Å². The smallest absolute Gasteiger partial charge is 0.272 e. The number of carbonyl (C=O) groups excluding carboxylic acids is 1. The van der Waals surface area contributed by atoms with E-state index < -0.39 is 11.0 Å². The number of aromatic nitrogens is 1. The lowest BCUT2D eigenvalue weighted by atomic mass is 10.1. The highest BCUT2D eigenvalue weighted by Gasteiger charge is 2.25. The zero-order valence-corrected chi connectivity index (χ0v) is 18.2. The molecular weight excluding hydrogens is 372 g/mol. The Labute approximate surface area is 171 Å². The molecule has 1 amide bonds. The van der Waals surface area contributed by atoms with Crippen molar-refractivity contribution in [3.63, 3.8) is 0 Å². The number of nitrogens with one attached hydrogen (secondary N) is 1. The van der Waals surface area contributed by atoms with Gasteiger partial charge in [-0.1, -0.05) is 18.8 Å². The van der Waals surface area contributed by atoms with Crippen molar-refractivity contribution in [2.75, 3.05) is 20.0 Å². The maximum Gasteiger partial charge on any atom is 0.272 e. The first-order valence-electron chi connectivity index (χ1n) is 9.19. The molecule has 1 N–H and O–H groups in total. The van der Waals surface area contributed by atoms with E-state index >= 15 is 0 Å². The van der Waals surface area contributed by atoms with Gasteiger partial charge in [0.1, 0.15) is 12.4 Å². The van der Waals surface area contributed by atoms with Crippen LogP contribution < -0.4 is 10.1 Å². The first kappa shape index (κ1) is 22.1. The summed E-state index contributed by atoms with van der Waals surface area (Å²) in [4.78, 5) is 17.3. The number of thioether (sulfide) groups is 1. The molecule has 5 nitrogen and oxygen atoms in total. The van der Waals surface area contributed by atoms with Gasteiger partial charge in [-0.2, -0.15) is 0 Å². The van der Waals surface area contributed by atoms with Gasteiger partial charge in [0.15, 0.2) is 0 Å². The predicted octanol–water partition coefficient (Wildman–Crippen LogP) is 3.72. The van der Waals surface area contributed by atoms with Gasteiger partial charge in [0.25, 0.3) is 5.91 Å². The molecule has 0 aliphatic carbocycles. The molecule has 0 saturated carbocycles. The Morgan fingerprint density at radius 3 is 2.75 bits per heavy atom. The summed E-state index contributed by atoms with van der Waals surface area (Å²) in [6.07, 6.45) is 4.67. The lowest BCUT2D eigenvalue weighted by molar-refractivity contribution is -0.125. The third-order valence-electron chi connectivity index (χ3n) is 4.14. The maximum atomic E-state index is 12.7. The topological polar surface area (TPSA) is 60.5 Å². The largest absolute Gasteiger partial charge is 0.470 e. The van der Waals surface area contributed by atoms with Gasteiger partial charge in [0.05, 0.1) is 11.1 Å². The number of amides is 1. The minimum Gasteiger partial charge on any atom is -0.470 e. The van der Waals surface area contributed by atoms with Crippen LogP contribution in [0.2, 0.25) is 0 Å². The third kappa shape index (κ3) is 5.88. The minimum atomic E-state index is -0.678. The summed E-state index contributed by atoms with van der Waals surface area (Å²) < 4.78 is 10.9. The Bertz CT molecular complexity index is 900. The Morgan fingerprint density at radius 2 is 2.11 bits per heavy atom. The molecule has 1 aromatic heterocycles. The van der Waals surface area contributed by atoms with Crippen molar-refractivity contribution in [2.24, 2.45) is 0 Å². The lowest BCUT2D eigenvalue weighted by Gasteiger charge is -2.24. The zero-order valence-electron chi connectivity index (χ0n) is 17.4. The lowest BCUT2D eigenvalue weighted by Crippen LogP contribution is -2.47. The number of pyridine rings is 1. The monoisotopic (exact) mass is 400 g/mol. The number of hydrogen-bond donors (Lipinski definition) is 1. The molecule has 0 spiro atoms. The van der Waals surface area contributed by atoms with Crippen LogP contribution in [0, 0.1) is 18.8 Å². The molecule has 0 radical (unpaired) electrons. The second-order valence-electron chi connectivity index (χ2n) is 7.04. The molecule has 1 aromatic carbocycles. The fraction of sp³-hybridized carbons (Fsp3) is 0.455. The van der Waals surface area contributed by atoms with E-state index in [2.05, 4.69) is 35.1 Å². The van der Waals surface area contributed by atoms with Gasteiger partial charge in [-0.05, 0) is 62.8 Å². The van der Waals surface area contributed by atoms with Gasteiger partial charge >= 0.3 is 0 Å². The molecule has 1 unspecified atom stereocenters. The zero-order chi connectivity index (χ0) is 20.7. The highest BCUT2D eigenvalue weighted by Crippen LogP contribution is 2.26. The van der Waals surface area contributed by atoms with Crippen LogP contribution in [0.15, 0.2) is 24.4 Å². The van der Waals surface area contributed by atoms with Crippen LogP contribution in [0.4, 0.5) is 0 Å². The van der Waals surface area contributed by atoms with Crippen molar-refractivity contribution in [1.29, 1.82) is 0 Å². The molecule has 2 rings (SSSR count). The molecule has 0 aliphatic rings. The molecule has 1 atom stereocenters. The molecular formula is C22H28N2O3S. The van der Waals surface area contributed by atoms with Crippen molar-refractivity contribution in [1.82, 2.24) is 10.3 Å². The van der Waals surface area contributed by atoms with Gasteiger partial charge in [0, 0.05) is 18.7 Å². The average molecular weight is 401 g/mol. The van der Waals surface area contributed by atoms with Crippen molar-refractivity contribution in [2.45, 2.75) is 45.1 Å². The first-order valence-corrected chi connectivity index (χ1v) is 10.5. The number of methoxy groups -OCH3 is 1. The summed E-state index contributed by atoms with van der Waals surface area (Å²) in [5.74, 6) is 6.31. The number of ether oxygens (including phenoxy) is 2. The van der Waals surface area contributed by atoms with Crippen LogP contribution in [-0.4, -0.2) is 41.8 Å². The van der Waals surface area contributed by atoms with E-state index in [1.807, 2.05) is 45.4 Å². The van der Waals surface area contributed by atoms with E-state index in [-0.39, 0.29) is 5.91 Å². The number of aryl methyl sites for hydroxylation is 2. The molecule has 6 heteroatoms. The van der Waals surface area contributed by atoms with Crippen LogP contribution in [0.3, 0.4) is 0 Å². The summed E-state index contributed by atoms with van der Waals surface area (Å²) in [5.41, 5.74) is 1.78. The van der Waals surface area contributed by atoms with E-state index in [0.29, 0.717) is 12.4 Å².